The molecular formula is C14H24N4OS. The molecule has 1 amide bonds. The number of amides is 1. The normalized spacial score (nSPS) is 17.1. The molecule has 3 N–H and O–H groups in total. The number of carbonyl (C=O) groups is 1. The second kappa shape index (κ2) is 6.43. The van der Waals surface area contributed by atoms with Gasteiger partial charge in [-0.05, 0) is 32.6 Å². The predicted molar refractivity (Wildman–Crippen MR) is 84.4 cm³/mol. The van der Waals surface area contributed by atoms with Crippen molar-refractivity contribution in [2.24, 2.45) is 5.92 Å². The van der Waals surface area contributed by atoms with Gasteiger partial charge in [-0.2, -0.15) is 0 Å². The molecule has 1 unspecified atom stereocenters. The zero-order valence-electron chi connectivity index (χ0n) is 12.5. The fourth-order valence-corrected chi connectivity index (χ4v) is 3.54. The highest BCUT2D eigenvalue weighted by atomic mass is 32.1. The van der Waals surface area contributed by atoms with Crippen LogP contribution in [0.1, 0.15) is 49.2 Å². The van der Waals surface area contributed by atoms with Gasteiger partial charge in [0.25, 0.3) is 5.91 Å². The first-order chi connectivity index (χ1) is 9.52. The Morgan fingerprint density at radius 2 is 2.20 bits per heavy atom. The number of hydrogen-bond donors (Lipinski definition) is 2. The van der Waals surface area contributed by atoms with E-state index < -0.39 is 0 Å². The van der Waals surface area contributed by atoms with Crippen LogP contribution in [0.2, 0.25) is 0 Å². The van der Waals surface area contributed by atoms with Gasteiger partial charge in [0.05, 0.1) is 0 Å². The van der Waals surface area contributed by atoms with Crippen molar-refractivity contribution < 1.29 is 4.79 Å². The number of anilines is 2. The Balaban J connectivity index is 2.03. The summed E-state index contributed by atoms with van der Waals surface area (Å²) < 4.78 is 0. The number of nitrogens with two attached hydrogens (primary N) is 1. The Bertz CT molecular complexity index is 468. The molecular weight excluding hydrogens is 272 g/mol. The molecule has 1 heterocycles. The zero-order valence-corrected chi connectivity index (χ0v) is 13.3. The molecule has 5 nitrogen and oxygen atoms in total. The summed E-state index contributed by atoms with van der Waals surface area (Å²) in [5, 5.41) is 3.88. The van der Waals surface area contributed by atoms with Gasteiger partial charge in [0.1, 0.15) is 10.7 Å². The van der Waals surface area contributed by atoms with E-state index >= 15 is 0 Å². The summed E-state index contributed by atoms with van der Waals surface area (Å²) >= 11 is 1.36. The van der Waals surface area contributed by atoms with Crippen molar-refractivity contribution in [2.45, 2.75) is 45.6 Å². The molecule has 0 saturated heterocycles. The van der Waals surface area contributed by atoms with Crippen LogP contribution in [-0.4, -0.2) is 30.5 Å². The Morgan fingerprint density at radius 3 is 2.80 bits per heavy atom. The molecule has 1 aliphatic carbocycles. The number of thiazole rings is 1. The van der Waals surface area contributed by atoms with Crippen molar-refractivity contribution in [2.75, 3.05) is 24.2 Å². The van der Waals surface area contributed by atoms with E-state index in [9.17, 15) is 4.79 Å². The maximum atomic E-state index is 12.3. The number of hydrogen-bond acceptors (Lipinski definition) is 5. The number of rotatable bonds is 5. The summed E-state index contributed by atoms with van der Waals surface area (Å²) in [7, 11) is 1.95. The number of nitrogen functional groups attached to an aromatic ring is 1. The minimum absolute atomic E-state index is 0.0878. The fourth-order valence-electron chi connectivity index (χ4n) is 2.63. The first-order valence-corrected chi connectivity index (χ1v) is 8.12. The van der Waals surface area contributed by atoms with Gasteiger partial charge in [-0.1, -0.05) is 24.2 Å². The van der Waals surface area contributed by atoms with Gasteiger partial charge in [-0.25, -0.2) is 4.98 Å². The van der Waals surface area contributed by atoms with Crippen LogP contribution < -0.4 is 16.0 Å². The second-order valence-corrected chi connectivity index (χ2v) is 6.51. The Labute approximate surface area is 124 Å². The van der Waals surface area contributed by atoms with E-state index in [1.54, 1.807) is 0 Å². The van der Waals surface area contributed by atoms with Crippen LogP contribution in [0.3, 0.4) is 0 Å². The Hall–Kier alpha value is -1.30. The van der Waals surface area contributed by atoms with E-state index in [-0.39, 0.29) is 11.9 Å². The minimum Gasteiger partial charge on any atom is -0.382 e. The summed E-state index contributed by atoms with van der Waals surface area (Å²) in [5.41, 5.74) is 5.88. The molecule has 1 saturated carbocycles. The molecule has 112 valence electrons. The Kier molecular flexibility index (Phi) is 4.86. The molecule has 0 aliphatic heterocycles. The summed E-state index contributed by atoms with van der Waals surface area (Å²) in [4.78, 5) is 19.1. The average molecular weight is 296 g/mol. The molecule has 1 atom stereocenters. The van der Waals surface area contributed by atoms with Crippen molar-refractivity contribution in [3.05, 3.63) is 4.88 Å². The van der Waals surface area contributed by atoms with Crippen molar-refractivity contribution in [3.63, 3.8) is 0 Å². The van der Waals surface area contributed by atoms with E-state index in [0.717, 1.165) is 11.7 Å². The van der Waals surface area contributed by atoms with Crippen molar-refractivity contribution in [1.82, 2.24) is 10.3 Å². The fraction of sp³-hybridized carbons (Fsp3) is 0.714. The van der Waals surface area contributed by atoms with Gasteiger partial charge >= 0.3 is 0 Å². The molecule has 1 aliphatic rings. The van der Waals surface area contributed by atoms with E-state index in [2.05, 4.69) is 17.2 Å². The van der Waals surface area contributed by atoms with E-state index in [4.69, 9.17) is 5.73 Å². The third kappa shape index (κ3) is 3.23. The third-order valence-electron chi connectivity index (χ3n) is 4.11. The molecule has 0 bridgehead atoms. The molecule has 1 aromatic rings. The summed E-state index contributed by atoms with van der Waals surface area (Å²) in [5.74, 6) is 0.849. The summed E-state index contributed by atoms with van der Waals surface area (Å²) in [6.07, 6.45) is 4.98. The lowest BCUT2D eigenvalue weighted by Gasteiger charge is -2.19. The molecule has 0 spiro atoms. The summed E-state index contributed by atoms with van der Waals surface area (Å²) in [6.45, 7) is 4.97. The number of carbonyl (C=O) groups excluding carboxylic acids is 1. The zero-order chi connectivity index (χ0) is 14.7. The smallest absolute Gasteiger partial charge is 0.265 e. The molecule has 6 heteroatoms. The lowest BCUT2D eigenvalue weighted by molar-refractivity contribution is 0.0932. The number of aromatic nitrogens is 1. The number of nitrogens with one attached hydrogen (secondary N) is 1. The maximum Gasteiger partial charge on any atom is 0.265 e. The van der Waals surface area contributed by atoms with Gasteiger partial charge in [-0.3, -0.25) is 4.79 Å². The van der Waals surface area contributed by atoms with Crippen LogP contribution in [0.4, 0.5) is 10.9 Å². The first-order valence-electron chi connectivity index (χ1n) is 7.31. The van der Waals surface area contributed by atoms with Crippen LogP contribution in [0.5, 0.6) is 0 Å². The standard InChI is InChI=1S/C14H24N4OS/c1-4-18(3)14-17-12(15)11(20-14)13(19)16-9(2)10-7-5-6-8-10/h9-10H,4-8,15H2,1-3H3,(H,16,19). The molecule has 0 aromatic carbocycles. The van der Waals surface area contributed by atoms with Gasteiger partial charge in [0, 0.05) is 19.6 Å². The van der Waals surface area contributed by atoms with Crippen LogP contribution in [0.15, 0.2) is 0 Å². The van der Waals surface area contributed by atoms with Gasteiger partial charge in [0.2, 0.25) is 0 Å². The van der Waals surface area contributed by atoms with E-state index in [1.807, 2.05) is 18.9 Å². The van der Waals surface area contributed by atoms with E-state index in [1.165, 1.54) is 37.0 Å². The van der Waals surface area contributed by atoms with Crippen LogP contribution in [0, 0.1) is 5.92 Å². The highest BCUT2D eigenvalue weighted by molar-refractivity contribution is 7.18. The number of nitrogens with zero attached hydrogens (tertiary/aromatic N) is 2. The SMILES string of the molecule is CCN(C)c1nc(N)c(C(=O)NC(C)C2CCCC2)s1. The monoisotopic (exact) mass is 296 g/mol. The Morgan fingerprint density at radius 1 is 1.55 bits per heavy atom. The van der Waals surface area contributed by atoms with Crippen LogP contribution in [0.25, 0.3) is 0 Å². The van der Waals surface area contributed by atoms with Crippen molar-refractivity contribution in [3.8, 4) is 0 Å². The summed E-state index contributed by atoms with van der Waals surface area (Å²) in [6, 6.07) is 0.207. The van der Waals surface area contributed by atoms with Crippen molar-refractivity contribution in [1.29, 1.82) is 0 Å². The second-order valence-electron chi connectivity index (χ2n) is 5.53. The van der Waals surface area contributed by atoms with E-state index in [0.29, 0.717) is 16.6 Å². The van der Waals surface area contributed by atoms with Gasteiger partial charge in [-0.15, -0.1) is 0 Å². The predicted octanol–water partition coefficient (Wildman–Crippen LogP) is 2.49. The van der Waals surface area contributed by atoms with Gasteiger partial charge < -0.3 is 16.0 Å². The third-order valence-corrected chi connectivity index (χ3v) is 5.30. The maximum absolute atomic E-state index is 12.3. The van der Waals surface area contributed by atoms with Crippen molar-refractivity contribution >= 4 is 28.2 Å². The topological polar surface area (TPSA) is 71.2 Å². The van der Waals surface area contributed by atoms with Crippen LogP contribution in [-0.2, 0) is 0 Å². The largest absolute Gasteiger partial charge is 0.382 e. The molecule has 1 fully saturated rings. The molecule has 1 aromatic heterocycles. The molecule has 0 radical (unpaired) electrons. The van der Waals surface area contributed by atoms with Crippen LogP contribution >= 0.6 is 11.3 Å². The first kappa shape index (κ1) is 15.1. The lowest BCUT2D eigenvalue weighted by atomic mass is 10.00. The lowest BCUT2D eigenvalue weighted by Crippen LogP contribution is -2.37. The quantitative estimate of drug-likeness (QED) is 0.875. The van der Waals surface area contributed by atoms with Gasteiger partial charge in [0.15, 0.2) is 5.13 Å². The minimum atomic E-state index is -0.0878. The highest BCUT2D eigenvalue weighted by Crippen LogP contribution is 2.30. The molecule has 2 rings (SSSR count). The molecule has 20 heavy (non-hydrogen) atoms. The highest BCUT2D eigenvalue weighted by Gasteiger charge is 2.25. The average Bonchev–Trinajstić information content (AvgIpc) is 3.06.